The Kier molecular flexibility index (Phi) is 4.01. The van der Waals surface area contributed by atoms with Gasteiger partial charge in [0.05, 0.1) is 0 Å². The second kappa shape index (κ2) is 5.31. The van der Waals surface area contributed by atoms with E-state index >= 15 is 0 Å². The van der Waals surface area contributed by atoms with Crippen molar-refractivity contribution in [2.45, 2.75) is 76.2 Å². The number of carbonyl (C=O) groups excluding carboxylic acids is 1. The van der Waals surface area contributed by atoms with Crippen LogP contribution in [0.25, 0.3) is 0 Å². The molecule has 2 saturated carbocycles. The molecule has 0 atom stereocenters. The average molecular weight is 224 g/mol. The molecule has 0 spiro atoms. The molecule has 0 radical (unpaired) electrons. The fourth-order valence-electron chi connectivity index (χ4n) is 3.30. The first kappa shape index (κ1) is 12.1. The van der Waals surface area contributed by atoms with Crippen LogP contribution in [0.2, 0.25) is 0 Å². The summed E-state index contributed by atoms with van der Waals surface area (Å²) in [5.41, 5.74) is -0.960. The van der Waals surface area contributed by atoms with Gasteiger partial charge in [-0.05, 0) is 25.7 Å². The maximum atomic E-state index is 12.4. The third-order valence-electron chi connectivity index (χ3n) is 4.37. The summed E-state index contributed by atoms with van der Waals surface area (Å²) in [5.74, 6) is 0.339. The van der Waals surface area contributed by atoms with Crippen LogP contribution in [0, 0.1) is 5.92 Å². The first-order valence-electron chi connectivity index (χ1n) is 6.99. The van der Waals surface area contributed by atoms with Gasteiger partial charge in [-0.2, -0.15) is 0 Å². The molecule has 0 aromatic heterocycles. The van der Waals surface area contributed by atoms with Crippen molar-refractivity contribution in [2.24, 2.45) is 5.92 Å². The molecule has 2 rings (SSSR count). The molecule has 2 aliphatic carbocycles. The normalized spacial score (nSPS) is 27.3. The van der Waals surface area contributed by atoms with E-state index in [1.807, 2.05) is 0 Å². The number of hydrogen-bond acceptors (Lipinski definition) is 2. The van der Waals surface area contributed by atoms with Gasteiger partial charge in [0.1, 0.15) is 5.60 Å². The quantitative estimate of drug-likeness (QED) is 0.731. The number of rotatable bonds is 2. The van der Waals surface area contributed by atoms with Gasteiger partial charge in [-0.15, -0.1) is 0 Å². The van der Waals surface area contributed by atoms with E-state index in [9.17, 15) is 9.90 Å². The largest absolute Gasteiger partial charge is 0.382 e. The smallest absolute Gasteiger partial charge is 0.167 e. The molecule has 2 nitrogen and oxygen atoms in total. The summed E-state index contributed by atoms with van der Waals surface area (Å²) >= 11 is 0. The lowest BCUT2D eigenvalue weighted by Crippen LogP contribution is -2.42. The van der Waals surface area contributed by atoms with E-state index in [1.54, 1.807) is 0 Å². The van der Waals surface area contributed by atoms with Crippen molar-refractivity contribution in [3.8, 4) is 0 Å². The third kappa shape index (κ3) is 2.65. The predicted octanol–water partition coefficient (Wildman–Crippen LogP) is 3.22. The summed E-state index contributed by atoms with van der Waals surface area (Å²) in [6, 6.07) is 0. The minimum Gasteiger partial charge on any atom is -0.382 e. The number of ketones is 1. The van der Waals surface area contributed by atoms with E-state index in [-0.39, 0.29) is 11.7 Å². The van der Waals surface area contributed by atoms with Gasteiger partial charge < -0.3 is 5.11 Å². The summed E-state index contributed by atoms with van der Waals surface area (Å²) in [6.07, 6.45) is 11.5. The molecular weight excluding hydrogens is 200 g/mol. The summed E-state index contributed by atoms with van der Waals surface area (Å²) in [5, 5.41) is 10.5. The van der Waals surface area contributed by atoms with Crippen molar-refractivity contribution < 1.29 is 9.90 Å². The highest BCUT2D eigenvalue weighted by atomic mass is 16.3. The van der Waals surface area contributed by atoms with E-state index in [4.69, 9.17) is 0 Å². The Balaban J connectivity index is 1.99. The molecule has 0 heterocycles. The van der Waals surface area contributed by atoms with E-state index in [0.29, 0.717) is 12.8 Å². The van der Waals surface area contributed by atoms with Crippen molar-refractivity contribution in [1.29, 1.82) is 0 Å². The summed E-state index contributed by atoms with van der Waals surface area (Å²) in [6.45, 7) is 0. The topological polar surface area (TPSA) is 37.3 Å². The van der Waals surface area contributed by atoms with Crippen molar-refractivity contribution in [3.63, 3.8) is 0 Å². The fraction of sp³-hybridized carbons (Fsp3) is 0.929. The van der Waals surface area contributed by atoms with E-state index < -0.39 is 5.60 Å². The highest BCUT2D eigenvalue weighted by Gasteiger charge is 2.39. The molecule has 16 heavy (non-hydrogen) atoms. The highest BCUT2D eigenvalue weighted by molar-refractivity contribution is 5.89. The van der Waals surface area contributed by atoms with Gasteiger partial charge in [0.25, 0.3) is 0 Å². The van der Waals surface area contributed by atoms with Gasteiger partial charge in [0, 0.05) is 5.92 Å². The lowest BCUT2D eigenvalue weighted by molar-refractivity contribution is -0.144. The Bertz CT molecular complexity index is 233. The molecule has 1 N–H and O–H groups in total. The minimum absolute atomic E-state index is 0.164. The number of aliphatic hydroxyl groups is 1. The molecule has 0 aromatic rings. The summed E-state index contributed by atoms with van der Waals surface area (Å²) in [7, 11) is 0. The number of carbonyl (C=O) groups is 1. The molecular formula is C14H24O2. The maximum Gasteiger partial charge on any atom is 0.167 e. The SMILES string of the molecule is O=C(C1CCCCC1)C1(O)CCCCCC1. The lowest BCUT2D eigenvalue weighted by Gasteiger charge is -2.31. The Labute approximate surface area is 98.4 Å². The fourth-order valence-corrected chi connectivity index (χ4v) is 3.30. The van der Waals surface area contributed by atoms with Crippen molar-refractivity contribution in [1.82, 2.24) is 0 Å². The molecule has 0 amide bonds. The Morgan fingerprint density at radius 1 is 0.875 bits per heavy atom. The average Bonchev–Trinajstić information content (AvgIpc) is 2.55. The van der Waals surface area contributed by atoms with E-state index in [1.165, 1.54) is 32.1 Å². The molecule has 2 aliphatic rings. The van der Waals surface area contributed by atoms with Crippen molar-refractivity contribution in [3.05, 3.63) is 0 Å². The number of Topliss-reactive ketones (excluding diaryl/α,β-unsaturated/α-hetero) is 1. The monoisotopic (exact) mass is 224 g/mol. The first-order chi connectivity index (χ1) is 7.72. The van der Waals surface area contributed by atoms with Crippen LogP contribution in [0.3, 0.4) is 0 Å². The van der Waals surface area contributed by atoms with Crippen molar-refractivity contribution >= 4 is 5.78 Å². The van der Waals surface area contributed by atoms with Gasteiger partial charge in [0.2, 0.25) is 0 Å². The lowest BCUT2D eigenvalue weighted by atomic mass is 9.77. The second-order valence-corrected chi connectivity index (χ2v) is 5.64. The molecule has 2 heteroatoms. The van der Waals surface area contributed by atoms with Gasteiger partial charge in [0.15, 0.2) is 5.78 Å². The molecule has 0 bridgehead atoms. The van der Waals surface area contributed by atoms with E-state index in [0.717, 1.165) is 25.7 Å². The van der Waals surface area contributed by atoms with Crippen LogP contribution in [0.4, 0.5) is 0 Å². The van der Waals surface area contributed by atoms with Gasteiger partial charge in [-0.1, -0.05) is 44.9 Å². The van der Waals surface area contributed by atoms with Crippen LogP contribution in [-0.4, -0.2) is 16.5 Å². The second-order valence-electron chi connectivity index (χ2n) is 5.64. The highest BCUT2D eigenvalue weighted by Crippen LogP contribution is 2.34. The maximum absolute atomic E-state index is 12.4. The molecule has 0 saturated heterocycles. The van der Waals surface area contributed by atoms with Gasteiger partial charge >= 0.3 is 0 Å². The Morgan fingerprint density at radius 2 is 1.38 bits per heavy atom. The summed E-state index contributed by atoms with van der Waals surface area (Å²) < 4.78 is 0. The molecule has 2 fully saturated rings. The van der Waals surface area contributed by atoms with E-state index in [2.05, 4.69) is 0 Å². The van der Waals surface area contributed by atoms with Crippen LogP contribution < -0.4 is 0 Å². The van der Waals surface area contributed by atoms with Crippen LogP contribution in [0.15, 0.2) is 0 Å². The predicted molar refractivity (Wildman–Crippen MR) is 64.2 cm³/mol. The summed E-state index contributed by atoms with van der Waals surface area (Å²) in [4.78, 5) is 12.4. The Morgan fingerprint density at radius 3 is 1.94 bits per heavy atom. The molecule has 0 aromatic carbocycles. The van der Waals surface area contributed by atoms with Crippen molar-refractivity contribution in [2.75, 3.05) is 0 Å². The molecule has 0 aliphatic heterocycles. The van der Waals surface area contributed by atoms with Gasteiger partial charge in [-0.3, -0.25) is 4.79 Å². The van der Waals surface area contributed by atoms with Gasteiger partial charge in [-0.25, -0.2) is 0 Å². The first-order valence-corrected chi connectivity index (χ1v) is 6.99. The Hall–Kier alpha value is -0.370. The zero-order valence-corrected chi connectivity index (χ0v) is 10.2. The van der Waals surface area contributed by atoms with Crippen LogP contribution in [0.1, 0.15) is 70.6 Å². The number of hydrogen-bond donors (Lipinski definition) is 1. The minimum atomic E-state index is -0.960. The molecule has 92 valence electrons. The zero-order valence-electron chi connectivity index (χ0n) is 10.2. The van der Waals surface area contributed by atoms with Crippen LogP contribution in [0.5, 0.6) is 0 Å². The standard InChI is InChI=1S/C14H24O2/c15-13(12-8-4-3-5-9-12)14(16)10-6-1-2-7-11-14/h12,16H,1-11H2. The van der Waals surface area contributed by atoms with Crippen LogP contribution in [-0.2, 0) is 4.79 Å². The molecule has 0 unspecified atom stereocenters. The third-order valence-corrected chi connectivity index (χ3v) is 4.37. The van der Waals surface area contributed by atoms with Crippen LogP contribution >= 0.6 is 0 Å². The zero-order chi connectivity index (χ0) is 11.4.